The monoisotopic (exact) mass is 453 g/mol. The van der Waals surface area contributed by atoms with Crippen LogP contribution >= 0.6 is 23.2 Å². The van der Waals surface area contributed by atoms with Gasteiger partial charge in [-0.25, -0.2) is 4.79 Å². The van der Waals surface area contributed by atoms with Crippen molar-refractivity contribution < 1.29 is 19.1 Å². The van der Waals surface area contributed by atoms with Crippen LogP contribution in [-0.2, 0) is 11.3 Å². The molecule has 0 saturated heterocycles. The lowest BCUT2D eigenvalue weighted by Gasteiger charge is -2.12. The van der Waals surface area contributed by atoms with Gasteiger partial charge in [0.2, 0.25) is 5.78 Å². The molecule has 1 heterocycles. The van der Waals surface area contributed by atoms with E-state index in [2.05, 4.69) is 4.98 Å². The van der Waals surface area contributed by atoms with Gasteiger partial charge in [0, 0.05) is 38.3 Å². The Balaban J connectivity index is 1.43. The largest absolute Gasteiger partial charge is 0.488 e. The molecule has 0 spiro atoms. The molecule has 5 nitrogen and oxygen atoms in total. The van der Waals surface area contributed by atoms with Crippen molar-refractivity contribution in [3.05, 3.63) is 99.7 Å². The standard InChI is InChI=1S/C24H17Cl2NO4/c25-16-10-9-15(20(26)11-16)13-30-23-8-4-2-6-18(23)24(29)31-14-22(28)19-12-27-21-7-3-1-5-17(19)21/h1-12,27H,13-14H2. The second-order valence-corrected chi connectivity index (χ2v) is 7.61. The normalized spacial score (nSPS) is 10.8. The van der Waals surface area contributed by atoms with Gasteiger partial charge in [0.05, 0.1) is 0 Å². The number of H-pyrrole nitrogens is 1. The van der Waals surface area contributed by atoms with Crippen molar-refractivity contribution in [3.8, 4) is 5.75 Å². The van der Waals surface area contributed by atoms with Gasteiger partial charge in [-0.2, -0.15) is 0 Å². The highest BCUT2D eigenvalue weighted by atomic mass is 35.5. The molecule has 4 rings (SSSR count). The number of nitrogens with one attached hydrogen (secondary N) is 1. The average molecular weight is 454 g/mol. The molecule has 156 valence electrons. The zero-order valence-electron chi connectivity index (χ0n) is 16.2. The summed E-state index contributed by atoms with van der Waals surface area (Å²) in [6, 6.07) is 19.2. The van der Waals surface area contributed by atoms with E-state index in [9.17, 15) is 9.59 Å². The van der Waals surface area contributed by atoms with Gasteiger partial charge in [-0.15, -0.1) is 0 Å². The number of fused-ring (bicyclic) bond motifs is 1. The molecule has 0 amide bonds. The molecule has 31 heavy (non-hydrogen) atoms. The van der Waals surface area contributed by atoms with Crippen molar-refractivity contribution in [2.45, 2.75) is 6.61 Å². The minimum Gasteiger partial charge on any atom is -0.488 e. The first-order chi connectivity index (χ1) is 15.0. The number of hydrogen-bond acceptors (Lipinski definition) is 4. The summed E-state index contributed by atoms with van der Waals surface area (Å²) in [5.74, 6) is -0.610. The van der Waals surface area contributed by atoms with E-state index in [-0.39, 0.29) is 24.6 Å². The van der Waals surface area contributed by atoms with E-state index >= 15 is 0 Å². The predicted octanol–water partition coefficient (Wildman–Crippen LogP) is 6.09. The van der Waals surface area contributed by atoms with Crippen LogP contribution < -0.4 is 4.74 Å². The fourth-order valence-corrected chi connectivity index (χ4v) is 3.61. The number of aromatic amines is 1. The Morgan fingerprint density at radius 2 is 1.68 bits per heavy atom. The van der Waals surface area contributed by atoms with Gasteiger partial charge in [0.15, 0.2) is 6.61 Å². The van der Waals surface area contributed by atoms with Crippen LogP contribution in [0.15, 0.2) is 72.9 Å². The number of hydrogen-bond donors (Lipinski definition) is 1. The number of esters is 1. The summed E-state index contributed by atoms with van der Waals surface area (Å²) in [5, 5.41) is 1.78. The smallest absolute Gasteiger partial charge is 0.342 e. The molecule has 0 aliphatic rings. The summed E-state index contributed by atoms with van der Waals surface area (Å²) in [4.78, 5) is 28.2. The molecule has 4 aromatic rings. The maximum atomic E-state index is 12.6. The molecule has 0 atom stereocenters. The fraction of sp³-hybridized carbons (Fsp3) is 0.0833. The fourth-order valence-electron chi connectivity index (χ4n) is 3.14. The summed E-state index contributed by atoms with van der Waals surface area (Å²) in [5.41, 5.74) is 2.27. The van der Waals surface area contributed by atoms with Gasteiger partial charge >= 0.3 is 5.97 Å². The zero-order valence-corrected chi connectivity index (χ0v) is 17.7. The van der Waals surface area contributed by atoms with Crippen LogP contribution in [0.3, 0.4) is 0 Å². The Bertz CT molecular complexity index is 1270. The Morgan fingerprint density at radius 1 is 0.903 bits per heavy atom. The number of ketones is 1. The van der Waals surface area contributed by atoms with Crippen LogP contribution in [0.25, 0.3) is 10.9 Å². The van der Waals surface area contributed by atoms with Crippen molar-refractivity contribution in [1.29, 1.82) is 0 Å². The first kappa shape index (κ1) is 21.0. The number of carbonyl (C=O) groups excluding carboxylic acids is 2. The lowest BCUT2D eigenvalue weighted by atomic mass is 10.1. The van der Waals surface area contributed by atoms with Crippen LogP contribution in [0.4, 0.5) is 0 Å². The summed E-state index contributed by atoms with van der Waals surface area (Å²) in [7, 11) is 0. The minimum atomic E-state index is -0.647. The molecular weight excluding hydrogens is 437 g/mol. The molecule has 1 aromatic heterocycles. The maximum absolute atomic E-state index is 12.6. The van der Waals surface area contributed by atoms with Crippen LogP contribution in [0.1, 0.15) is 26.3 Å². The van der Waals surface area contributed by atoms with Gasteiger partial charge in [0.1, 0.15) is 17.9 Å². The highest BCUT2D eigenvalue weighted by molar-refractivity contribution is 6.35. The van der Waals surface area contributed by atoms with Gasteiger partial charge in [-0.3, -0.25) is 4.79 Å². The summed E-state index contributed by atoms with van der Waals surface area (Å²) in [6.07, 6.45) is 1.62. The number of benzene rings is 3. The molecule has 7 heteroatoms. The third-order valence-electron chi connectivity index (χ3n) is 4.73. The van der Waals surface area contributed by atoms with Crippen LogP contribution in [0.5, 0.6) is 5.75 Å². The Kier molecular flexibility index (Phi) is 6.26. The summed E-state index contributed by atoms with van der Waals surface area (Å²) in [6.45, 7) is -0.230. The highest BCUT2D eigenvalue weighted by Gasteiger charge is 2.18. The third kappa shape index (κ3) is 4.74. The molecule has 0 aliphatic carbocycles. The summed E-state index contributed by atoms with van der Waals surface area (Å²) >= 11 is 12.1. The first-order valence-corrected chi connectivity index (χ1v) is 10.2. The minimum absolute atomic E-state index is 0.147. The third-order valence-corrected chi connectivity index (χ3v) is 5.32. The number of aromatic nitrogens is 1. The number of halogens is 2. The van der Waals surface area contributed by atoms with Crippen molar-refractivity contribution >= 4 is 45.9 Å². The Morgan fingerprint density at radius 3 is 2.52 bits per heavy atom. The number of para-hydroxylation sites is 2. The second-order valence-electron chi connectivity index (χ2n) is 6.77. The molecule has 0 aliphatic heterocycles. The van der Waals surface area contributed by atoms with Crippen molar-refractivity contribution in [1.82, 2.24) is 4.98 Å². The van der Waals surface area contributed by atoms with Gasteiger partial charge < -0.3 is 14.5 Å². The van der Waals surface area contributed by atoms with E-state index < -0.39 is 5.97 Å². The highest BCUT2D eigenvalue weighted by Crippen LogP contribution is 2.25. The van der Waals surface area contributed by atoms with Gasteiger partial charge in [-0.1, -0.05) is 59.6 Å². The van der Waals surface area contributed by atoms with Crippen LogP contribution in [0.2, 0.25) is 10.0 Å². The van der Waals surface area contributed by atoms with Crippen LogP contribution in [-0.4, -0.2) is 23.3 Å². The molecular formula is C24H17Cl2NO4. The maximum Gasteiger partial charge on any atom is 0.342 e. The average Bonchev–Trinajstić information content (AvgIpc) is 3.21. The number of Topliss-reactive ketones (excluding diaryl/α,β-unsaturated/α-hetero) is 1. The number of rotatable bonds is 7. The SMILES string of the molecule is O=C(OCC(=O)c1c[nH]c2ccccc12)c1ccccc1OCc1ccc(Cl)cc1Cl. The lowest BCUT2D eigenvalue weighted by Crippen LogP contribution is -2.15. The van der Waals surface area contributed by atoms with E-state index in [1.54, 1.807) is 48.7 Å². The van der Waals surface area contributed by atoms with Crippen LogP contribution in [0, 0.1) is 0 Å². The number of ether oxygens (including phenoxy) is 2. The molecule has 0 saturated carbocycles. The van der Waals surface area contributed by atoms with E-state index in [1.807, 2.05) is 24.3 Å². The number of carbonyl (C=O) groups is 2. The topological polar surface area (TPSA) is 68.4 Å². The molecule has 0 radical (unpaired) electrons. The second kappa shape index (κ2) is 9.25. The predicted molar refractivity (Wildman–Crippen MR) is 120 cm³/mol. The first-order valence-electron chi connectivity index (χ1n) is 9.45. The van der Waals surface area contributed by atoms with Crippen molar-refractivity contribution in [2.75, 3.05) is 6.61 Å². The molecule has 1 N–H and O–H groups in total. The molecule has 3 aromatic carbocycles. The van der Waals surface area contributed by atoms with E-state index in [1.165, 1.54) is 0 Å². The Hall–Kier alpha value is -3.28. The van der Waals surface area contributed by atoms with Gasteiger partial charge in [0.25, 0.3) is 0 Å². The van der Waals surface area contributed by atoms with E-state index in [0.29, 0.717) is 21.4 Å². The molecule has 0 bridgehead atoms. The lowest BCUT2D eigenvalue weighted by molar-refractivity contribution is 0.0470. The van der Waals surface area contributed by atoms with Crippen molar-refractivity contribution in [3.63, 3.8) is 0 Å². The van der Waals surface area contributed by atoms with Crippen molar-refractivity contribution in [2.24, 2.45) is 0 Å². The quantitative estimate of drug-likeness (QED) is 0.271. The van der Waals surface area contributed by atoms with E-state index in [4.69, 9.17) is 32.7 Å². The molecule has 0 unspecified atom stereocenters. The van der Waals surface area contributed by atoms with E-state index in [0.717, 1.165) is 16.5 Å². The summed E-state index contributed by atoms with van der Waals surface area (Å²) < 4.78 is 11.1. The Labute approximate surface area is 188 Å². The van der Waals surface area contributed by atoms with Gasteiger partial charge in [-0.05, 0) is 30.3 Å². The molecule has 0 fully saturated rings. The zero-order chi connectivity index (χ0) is 21.8.